The summed E-state index contributed by atoms with van der Waals surface area (Å²) in [4.78, 5) is 32.9. The molecular weight excluding hydrogens is 533 g/mol. The molecule has 4 aromatic rings. The van der Waals surface area contributed by atoms with Gasteiger partial charge in [-0.1, -0.05) is 47.7 Å². The van der Waals surface area contributed by atoms with Gasteiger partial charge in [-0.2, -0.15) is 18.3 Å². The molecule has 0 aliphatic heterocycles. The molecule has 1 N–H and O–H groups in total. The number of carbonyl (C=O) groups is 1. The number of nitrogens with one attached hydrogen (secondary N) is 1. The van der Waals surface area contributed by atoms with Crippen LogP contribution in [-0.4, -0.2) is 27.4 Å². The second-order valence-electron chi connectivity index (χ2n) is 8.93. The van der Waals surface area contributed by atoms with Crippen molar-refractivity contribution in [2.45, 2.75) is 43.9 Å². The molecular formula is C27H23F3N4O2S2. The number of benzene rings is 2. The number of thiophene rings is 1. The van der Waals surface area contributed by atoms with E-state index < -0.39 is 17.6 Å². The zero-order valence-corrected chi connectivity index (χ0v) is 22.0. The van der Waals surface area contributed by atoms with Gasteiger partial charge in [0.2, 0.25) is 0 Å². The summed E-state index contributed by atoms with van der Waals surface area (Å²) in [5.74, 6) is -0.668. The van der Waals surface area contributed by atoms with Crippen molar-refractivity contribution >= 4 is 45.4 Å². The number of nitrogens with zero attached hydrogens (tertiary/aromatic N) is 3. The smallest absolute Gasteiger partial charge is 0.272 e. The van der Waals surface area contributed by atoms with E-state index in [0.717, 1.165) is 60.9 Å². The van der Waals surface area contributed by atoms with Crippen molar-refractivity contribution in [2.24, 2.45) is 5.10 Å². The Balaban J connectivity index is 1.41. The van der Waals surface area contributed by atoms with Gasteiger partial charge in [-0.05, 0) is 56.4 Å². The Morgan fingerprint density at radius 2 is 1.89 bits per heavy atom. The molecule has 6 nitrogen and oxygen atoms in total. The maximum Gasteiger partial charge on any atom is 0.417 e. The van der Waals surface area contributed by atoms with Crippen LogP contribution in [0.25, 0.3) is 15.9 Å². The average molecular weight is 557 g/mol. The zero-order chi connectivity index (χ0) is 26.9. The molecule has 2 aromatic carbocycles. The lowest BCUT2D eigenvalue weighted by Crippen LogP contribution is -2.24. The van der Waals surface area contributed by atoms with E-state index in [1.54, 1.807) is 0 Å². The van der Waals surface area contributed by atoms with E-state index in [1.165, 1.54) is 39.0 Å². The highest BCUT2D eigenvalue weighted by Gasteiger charge is 2.32. The van der Waals surface area contributed by atoms with Gasteiger partial charge in [-0.15, -0.1) is 11.3 Å². The van der Waals surface area contributed by atoms with Crippen LogP contribution in [0.1, 0.15) is 40.0 Å². The van der Waals surface area contributed by atoms with Gasteiger partial charge in [-0.3, -0.25) is 14.2 Å². The molecule has 38 heavy (non-hydrogen) atoms. The van der Waals surface area contributed by atoms with E-state index in [9.17, 15) is 22.8 Å². The summed E-state index contributed by atoms with van der Waals surface area (Å²) in [6.45, 7) is 1.96. The van der Waals surface area contributed by atoms with E-state index in [2.05, 4.69) is 10.5 Å². The van der Waals surface area contributed by atoms with Crippen LogP contribution in [0.4, 0.5) is 13.2 Å². The molecule has 0 radical (unpaired) electrons. The number of aryl methyl sites for hydroxylation is 3. The lowest BCUT2D eigenvalue weighted by molar-refractivity contribution is -0.137. The Kier molecular flexibility index (Phi) is 7.40. The predicted molar refractivity (Wildman–Crippen MR) is 145 cm³/mol. The van der Waals surface area contributed by atoms with Crippen LogP contribution in [-0.2, 0) is 23.8 Å². The Morgan fingerprint density at radius 3 is 2.66 bits per heavy atom. The molecule has 1 aliphatic rings. The van der Waals surface area contributed by atoms with E-state index in [4.69, 9.17) is 4.98 Å². The topological polar surface area (TPSA) is 76.3 Å². The third-order valence-corrected chi connectivity index (χ3v) is 8.37. The van der Waals surface area contributed by atoms with Crippen molar-refractivity contribution in [1.82, 2.24) is 15.0 Å². The first-order valence-electron chi connectivity index (χ1n) is 12.0. The quantitative estimate of drug-likeness (QED) is 0.139. The van der Waals surface area contributed by atoms with E-state index in [-0.39, 0.29) is 16.9 Å². The van der Waals surface area contributed by atoms with Crippen molar-refractivity contribution in [3.8, 4) is 5.69 Å². The van der Waals surface area contributed by atoms with Crippen LogP contribution in [0.5, 0.6) is 0 Å². The maximum absolute atomic E-state index is 13.8. The largest absolute Gasteiger partial charge is 0.417 e. The third kappa shape index (κ3) is 5.39. The molecule has 5 rings (SSSR count). The maximum atomic E-state index is 13.8. The molecule has 2 aromatic heterocycles. The Morgan fingerprint density at radius 1 is 1.16 bits per heavy atom. The summed E-state index contributed by atoms with van der Waals surface area (Å²) in [6, 6.07) is 12.5. The van der Waals surface area contributed by atoms with Crippen molar-refractivity contribution in [3.63, 3.8) is 0 Å². The fourth-order valence-corrected chi connectivity index (χ4v) is 6.52. The van der Waals surface area contributed by atoms with Crippen LogP contribution in [0, 0.1) is 6.92 Å². The minimum atomic E-state index is -4.53. The Hall–Kier alpha value is -3.44. The monoisotopic (exact) mass is 556 g/mol. The lowest BCUT2D eigenvalue weighted by Gasteiger charge is -2.13. The SMILES string of the molecule is Cc1ccc(-n2c(SCC(=O)N/N=C\c3ccccc3C(F)(F)F)nc3sc4c(c3c2=O)CCCC4)cc1. The van der Waals surface area contributed by atoms with Crippen LogP contribution in [0.3, 0.4) is 0 Å². The molecule has 196 valence electrons. The van der Waals surface area contributed by atoms with Gasteiger partial charge in [-0.25, -0.2) is 10.4 Å². The summed E-state index contributed by atoms with van der Waals surface area (Å²) in [7, 11) is 0. The second kappa shape index (κ2) is 10.7. The number of hydrazone groups is 1. The Labute approximate surface area is 224 Å². The molecule has 2 heterocycles. The van der Waals surface area contributed by atoms with Gasteiger partial charge in [0.05, 0.1) is 28.6 Å². The van der Waals surface area contributed by atoms with Gasteiger partial charge in [0, 0.05) is 10.4 Å². The fourth-order valence-electron chi connectivity index (χ4n) is 4.41. The number of alkyl halides is 3. The number of rotatable bonds is 6. The van der Waals surface area contributed by atoms with Gasteiger partial charge < -0.3 is 0 Å². The number of thioether (sulfide) groups is 1. The van der Waals surface area contributed by atoms with Crippen molar-refractivity contribution in [3.05, 3.63) is 86.0 Å². The zero-order valence-electron chi connectivity index (χ0n) is 20.3. The van der Waals surface area contributed by atoms with Crippen molar-refractivity contribution in [2.75, 3.05) is 5.75 Å². The summed E-state index contributed by atoms with van der Waals surface area (Å²) < 4.78 is 41.1. The molecule has 0 bridgehead atoms. The molecule has 1 aliphatic carbocycles. The normalized spacial score (nSPS) is 13.7. The standard InChI is InChI=1S/C27H23F3N4O2S2/c1-16-10-12-18(13-11-16)34-25(36)23-19-7-3-5-9-21(19)38-24(23)32-26(34)37-15-22(35)33-31-14-17-6-2-4-8-20(17)27(28,29)30/h2,4,6,8,10-14H,3,5,7,9,15H2,1H3,(H,33,35)/b31-14-. The summed E-state index contributed by atoms with van der Waals surface area (Å²) in [6.07, 6.45) is 0.335. The number of halogens is 3. The van der Waals surface area contributed by atoms with Gasteiger partial charge in [0.25, 0.3) is 11.5 Å². The highest BCUT2D eigenvalue weighted by Crippen LogP contribution is 2.35. The van der Waals surface area contributed by atoms with Gasteiger partial charge in [0.1, 0.15) is 4.83 Å². The number of hydrogen-bond acceptors (Lipinski definition) is 6. The van der Waals surface area contributed by atoms with Gasteiger partial charge >= 0.3 is 6.18 Å². The van der Waals surface area contributed by atoms with Crippen LogP contribution in [0.15, 0.2) is 63.6 Å². The first-order chi connectivity index (χ1) is 18.2. The van der Waals surface area contributed by atoms with Crippen molar-refractivity contribution in [1.29, 1.82) is 0 Å². The minimum absolute atomic E-state index is 0.132. The van der Waals surface area contributed by atoms with Crippen LogP contribution in [0.2, 0.25) is 0 Å². The van der Waals surface area contributed by atoms with E-state index in [1.807, 2.05) is 31.2 Å². The molecule has 1 amide bonds. The van der Waals surface area contributed by atoms with E-state index in [0.29, 0.717) is 21.1 Å². The van der Waals surface area contributed by atoms with E-state index >= 15 is 0 Å². The lowest BCUT2D eigenvalue weighted by atomic mass is 9.97. The molecule has 11 heteroatoms. The molecule has 0 unspecified atom stereocenters. The summed E-state index contributed by atoms with van der Waals surface area (Å²) >= 11 is 2.61. The Bertz CT molecular complexity index is 1590. The number of carbonyl (C=O) groups excluding carboxylic acids is 1. The number of aromatic nitrogens is 2. The molecule has 0 atom stereocenters. The minimum Gasteiger partial charge on any atom is -0.272 e. The van der Waals surface area contributed by atoms with Crippen LogP contribution < -0.4 is 11.0 Å². The first-order valence-corrected chi connectivity index (χ1v) is 13.8. The highest BCUT2D eigenvalue weighted by atomic mass is 32.2. The molecule has 0 saturated heterocycles. The number of hydrogen-bond donors (Lipinski definition) is 1. The highest BCUT2D eigenvalue weighted by molar-refractivity contribution is 7.99. The number of fused-ring (bicyclic) bond motifs is 3. The second-order valence-corrected chi connectivity index (χ2v) is 11.0. The molecule has 0 fully saturated rings. The first kappa shape index (κ1) is 26.2. The third-order valence-electron chi connectivity index (χ3n) is 6.24. The van der Waals surface area contributed by atoms with Crippen molar-refractivity contribution < 1.29 is 18.0 Å². The average Bonchev–Trinajstić information content (AvgIpc) is 3.27. The molecule has 0 saturated carbocycles. The van der Waals surface area contributed by atoms with Gasteiger partial charge in [0.15, 0.2) is 5.16 Å². The van der Waals surface area contributed by atoms with Crippen LogP contribution >= 0.6 is 23.1 Å². The summed E-state index contributed by atoms with van der Waals surface area (Å²) in [5.41, 5.74) is 3.88. The predicted octanol–water partition coefficient (Wildman–Crippen LogP) is 5.90. The fraction of sp³-hybridized carbons (Fsp3) is 0.259. The molecule has 0 spiro atoms. The summed E-state index contributed by atoms with van der Waals surface area (Å²) in [5, 5.41) is 4.72. The number of amides is 1.